The highest BCUT2D eigenvalue weighted by molar-refractivity contribution is 5.65. The van der Waals surface area contributed by atoms with Gasteiger partial charge in [-0.2, -0.15) is 0 Å². The average Bonchev–Trinajstić information content (AvgIpc) is 2.57. The molecule has 0 aliphatic rings. The van der Waals surface area contributed by atoms with Crippen LogP contribution in [0.25, 0.3) is 17.2 Å². The molecule has 0 saturated heterocycles. The fraction of sp³-hybridized carbons (Fsp3) is 0.0476. The van der Waals surface area contributed by atoms with Crippen molar-refractivity contribution in [1.29, 1.82) is 0 Å². The summed E-state index contributed by atoms with van der Waals surface area (Å²) < 4.78 is 0. The smallest absolute Gasteiger partial charge is 0.00941 e. The molecule has 0 heterocycles. The van der Waals surface area contributed by atoms with Crippen LogP contribution in [0.2, 0.25) is 0 Å². The summed E-state index contributed by atoms with van der Waals surface area (Å²) >= 11 is 0. The third-order valence-corrected chi connectivity index (χ3v) is 3.52. The predicted molar refractivity (Wildman–Crippen MR) is 91.1 cm³/mol. The molecule has 0 nitrogen and oxygen atoms in total. The van der Waals surface area contributed by atoms with E-state index in [9.17, 15) is 0 Å². The maximum atomic E-state index is 2.22. The molecule has 0 bridgehead atoms. The van der Waals surface area contributed by atoms with Gasteiger partial charge in [0, 0.05) is 0 Å². The van der Waals surface area contributed by atoms with Crippen LogP contribution in [0.15, 0.2) is 91.0 Å². The highest BCUT2D eigenvalue weighted by Crippen LogP contribution is 2.19. The van der Waals surface area contributed by atoms with Gasteiger partial charge < -0.3 is 0 Å². The monoisotopic (exact) mass is 270 g/mol. The van der Waals surface area contributed by atoms with E-state index in [4.69, 9.17) is 0 Å². The first-order valence-corrected chi connectivity index (χ1v) is 7.28. The van der Waals surface area contributed by atoms with E-state index in [0.29, 0.717) is 0 Å². The van der Waals surface area contributed by atoms with E-state index in [0.717, 1.165) is 6.42 Å². The number of hydrogen-bond acceptors (Lipinski definition) is 0. The van der Waals surface area contributed by atoms with E-state index in [-0.39, 0.29) is 0 Å². The molecule has 0 saturated carbocycles. The molecule has 21 heavy (non-hydrogen) atoms. The third-order valence-electron chi connectivity index (χ3n) is 3.52. The van der Waals surface area contributed by atoms with Gasteiger partial charge in [0.1, 0.15) is 0 Å². The van der Waals surface area contributed by atoms with Crippen molar-refractivity contribution >= 4 is 6.08 Å². The van der Waals surface area contributed by atoms with Gasteiger partial charge in [0.15, 0.2) is 0 Å². The molecule has 0 amide bonds. The van der Waals surface area contributed by atoms with Crippen molar-refractivity contribution in [3.05, 3.63) is 102 Å². The zero-order chi connectivity index (χ0) is 14.3. The normalized spacial score (nSPS) is 10.9. The van der Waals surface area contributed by atoms with Gasteiger partial charge in [0.05, 0.1) is 0 Å². The molecule has 0 heteroatoms. The Kier molecular flexibility index (Phi) is 4.28. The minimum absolute atomic E-state index is 0.973. The van der Waals surface area contributed by atoms with Crippen LogP contribution < -0.4 is 0 Å². The molecule has 3 rings (SSSR count). The van der Waals surface area contributed by atoms with E-state index >= 15 is 0 Å². The lowest BCUT2D eigenvalue weighted by Gasteiger charge is -2.02. The molecule has 0 atom stereocenters. The number of benzene rings is 3. The lowest BCUT2D eigenvalue weighted by Crippen LogP contribution is -1.80. The van der Waals surface area contributed by atoms with Crippen LogP contribution in [0.5, 0.6) is 0 Å². The van der Waals surface area contributed by atoms with Gasteiger partial charge in [0.25, 0.3) is 0 Å². The summed E-state index contributed by atoms with van der Waals surface area (Å²) in [6.07, 6.45) is 5.37. The molecular weight excluding hydrogens is 252 g/mol. The molecule has 0 aliphatic carbocycles. The first-order chi connectivity index (χ1) is 10.4. The van der Waals surface area contributed by atoms with Gasteiger partial charge in [-0.1, -0.05) is 97.1 Å². The molecule has 0 aromatic heterocycles. The SMILES string of the molecule is C(=C/c1ccc(-c2ccccc2)cc1)/Cc1ccccc1. The van der Waals surface area contributed by atoms with E-state index in [1.807, 2.05) is 6.07 Å². The Bertz CT molecular complexity index is 692. The first-order valence-electron chi connectivity index (χ1n) is 7.28. The van der Waals surface area contributed by atoms with Gasteiger partial charge in [-0.3, -0.25) is 0 Å². The highest BCUT2D eigenvalue weighted by atomic mass is 14.0. The van der Waals surface area contributed by atoms with E-state index in [1.165, 1.54) is 22.3 Å². The van der Waals surface area contributed by atoms with E-state index < -0.39 is 0 Å². The summed E-state index contributed by atoms with van der Waals surface area (Å²) in [6, 6.07) is 29.7. The Balaban J connectivity index is 1.67. The molecule has 0 unspecified atom stereocenters. The van der Waals surface area contributed by atoms with Crippen molar-refractivity contribution in [2.24, 2.45) is 0 Å². The second-order valence-corrected chi connectivity index (χ2v) is 5.08. The van der Waals surface area contributed by atoms with Gasteiger partial charge in [-0.15, -0.1) is 0 Å². The maximum absolute atomic E-state index is 2.22. The van der Waals surface area contributed by atoms with Gasteiger partial charge in [0.2, 0.25) is 0 Å². The molecule has 0 spiro atoms. The second-order valence-electron chi connectivity index (χ2n) is 5.08. The van der Waals surface area contributed by atoms with E-state index in [1.54, 1.807) is 0 Å². The Hall–Kier alpha value is -2.60. The second kappa shape index (κ2) is 6.71. The predicted octanol–water partition coefficient (Wildman–Crippen LogP) is 5.61. The standard InChI is InChI=1S/C21H18/c1-3-8-18(9-4-1)10-7-11-19-14-16-21(17-15-19)20-12-5-2-6-13-20/h1-9,11-17H,10H2/b11-7-. The van der Waals surface area contributed by atoms with Crippen molar-refractivity contribution in [1.82, 2.24) is 0 Å². The maximum Gasteiger partial charge on any atom is -0.00941 e. The highest BCUT2D eigenvalue weighted by Gasteiger charge is 1.95. The molecule has 0 radical (unpaired) electrons. The lowest BCUT2D eigenvalue weighted by atomic mass is 10.0. The quantitative estimate of drug-likeness (QED) is 0.578. The summed E-state index contributed by atoms with van der Waals surface area (Å²) in [5.41, 5.74) is 5.10. The molecule has 102 valence electrons. The van der Waals surface area contributed by atoms with Gasteiger partial charge >= 0.3 is 0 Å². The van der Waals surface area contributed by atoms with Crippen molar-refractivity contribution < 1.29 is 0 Å². The Morgan fingerprint density at radius 1 is 0.571 bits per heavy atom. The summed E-state index contributed by atoms with van der Waals surface area (Å²) in [5, 5.41) is 0. The van der Waals surface area contributed by atoms with Crippen molar-refractivity contribution in [3.8, 4) is 11.1 Å². The van der Waals surface area contributed by atoms with Crippen molar-refractivity contribution in [2.75, 3.05) is 0 Å². The third kappa shape index (κ3) is 3.70. The average molecular weight is 270 g/mol. The van der Waals surface area contributed by atoms with Crippen LogP contribution >= 0.6 is 0 Å². The molecule has 3 aromatic carbocycles. The minimum atomic E-state index is 0.973. The summed E-state index contributed by atoms with van der Waals surface area (Å²) in [7, 11) is 0. The fourth-order valence-corrected chi connectivity index (χ4v) is 2.36. The summed E-state index contributed by atoms with van der Waals surface area (Å²) in [5.74, 6) is 0. The van der Waals surface area contributed by atoms with Crippen molar-refractivity contribution in [3.63, 3.8) is 0 Å². The van der Waals surface area contributed by atoms with Crippen molar-refractivity contribution in [2.45, 2.75) is 6.42 Å². The van der Waals surface area contributed by atoms with Crippen LogP contribution in [0, 0.1) is 0 Å². The molecule has 3 aromatic rings. The Morgan fingerprint density at radius 2 is 1.14 bits per heavy atom. The molecule has 0 fully saturated rings. The zero-order valence-corrected chi connectivity index (χ0v) is 11.9. The van der Waals surface area contributed by atoms with Crippen LogP contribution in [-0.2, 0) is 6.42 Å². The first kappa shape index (κ1) is 13.4. The van der Waals surface area contributed by atoms with Gasteiger partial charge in [-0.25, -0.2) is 0 Å². The van der Waals surface area contributed by atoms with Crippen LogP contribution in [-0.4, -0.2) is 0 Å². The molecule has 0 aliphatic heterocycles. The topological polar surface area (TPSA) is 0 Å². The number of rotatable bonds is 4. The molecular formula is C21H18. The van der Waals surface area contributed by atoms with E-state index in [2.05, 4.69) is 91.0 Å². The summed E-state index contributed by atoms with van der Waals surface area (Å²) in [4.78, 5) is 0. The zero-order valence-electron chi connectivity index (χ0n) is 11.9. The summed E-state index contributed by atoms with van der Waals surface area (Å²) in [6.45, 7) is 0. The Labute approximate surface area is 126 Å². The van der Waals surface area contributed by atoms with Crippen LogP contribution in [0.1, 0.15) is 11.1 Å². The van der Waals surface area contributed by atoms with Crippen LogP contribution in [0.3, 0.4) is 0 Å². The minimum Gasteiger partial charge on any atom is -0.0795 e. The van der Waals surface area contributed by atoms with Gasteiger partial charge in [-0.05, 0) is 28.7 Å². The lowest BCUT2D eigenvalue weighted by molar-refractivity contribution is 1.28. The number of allylic oxidation sites excluding steroid dienone is 1. The van der Waals surface area contributed by atoms with Crippen LogP contribution in [0.4, 0.5) is 0 Å². The molecule has 0 N–H and O–H groups in total. The largest absolute Gasteiger partial charge is 0.0795 e. The fourth-order valence-electron chi connectivity index (χ4n) is 2.36. The Morgan fingerprint density at radius 3 is 1.81 bits per heavy atom. The number of hydrogen-bond donors (Lipinski definition) is 0.